The van der Waals surface area contributed by atoms with E-state index in [0.29, 0.717) is 22.8 Å². The Labute approximate surface area is 196 Å². The van der Waals surface area contributed by atoms with Crippen LogP contribution >= 0.6 is 0 Å². The summed E-state index contributed by atoms with van der Waals surface area (Å²) in [7, 11) is 0. The van der Waals surface area contributed by atoms with Crippen LogP contribution < -0.4 is 15.5 Å². The Kier molecular flexibility index (Phi) is 5.92. The van der Waals surface area contributed by atoms with Crippen LogP contribution in [-0.2, 0) is 9.53 Å². The first-order chi connectivity index (χ1) is 16.6. The third-order valence-corrected chi connectivity index (χ3v) is 5.65. The van der Waals surface area contributed by atoms with Crippen LogP contribution in [0.15, 0.2) is 60.7 Å². The normalized spacial score (nSPS) is 13.6. The van der Waals surface area contributed by atoms with Gasteiger partial charge in [0, 0.05) is 42.5 Å². The van der Waals surface area contributed by atoms with Crippen LogP contribution in [0.3, 0.4) is 0 Å². The number of hydrogen-bond acceptors (Lipinski definition) is 7. The van der Waals surface area contributed by atoms with Crippen LogP contribution in [0.25, 0.3) is 16.9 Å². The van der Waals surface area contributed by atoms with E-state index in [-0.39, 0.29) is 5.91 Å². The molecule has 0 saturated carbocycles. The third kappa shape index (κ3) is 4.46. The number of nitrogens with one attached hydrogen (secondary N) is 2. The molecule has 172 valence electrons. The monoisotopic (exact) mass is 456 g/mol. The number of amides is 1. The molecule has 0 spiro atoms. The second-order valence-corrected chi connectivity index (χ2v) is 7.99. The minimum atomic E-state index is -0.245. The number of benzene rings is 2. The lowest BCUT2D eigenvalue weighted by atomic mass is 10.1. The minimum absolute atomic E-state index is 0.245. The first-order valence-electron chi connectivity index (χ1n) is 11.0. The molecule has 2 aromatic carbocycles. The number of ether oxygens (including phenoxy) is 1. The maximum Gasteiger partial charge on any atom is 0.247 e. The summed E-state index contributed by atoms with van der Waals surface area (Å²) in [6, 6.07) is 19.1. The van der Waals surface area contributed by atoms with Gasteiger partial charge in [-0.15, -0.1) is 5.10 Å². The van der Waals surface area contributed by atoms with Gasteiger partial charge in [-0.2, -0.15) is 4.98 Å². The zero-order valence-corrected chi connectivity index (χ0v) is 18.7. The fourth-order valence-corrected chi connectivity index (χ4v) is 4.00. The van der Waals surface area contributed by atoms with Gasteiger partial charge in [-0.1, -0.05) is 12.1 Å². The lowest BCUT2D eigenvalue weighted by Gasteiger charge is -2.28. The number of carbonyl (C=O) groups excluding carboxylic acids is 2. The summed E-state index contributed by atoms with van der Waals surface area (Å²) in [4.78, 5) is 29.8. The summed E-state index contributed by atoms with van der Waals surface area (Å²) in [6.07, 6.45) is 0.720. The molecule has 1 aliphatic rings. The summed E-state index contributed by atoms with van der Waals surface area (Å²) in [6.45, 7) is 4.68. The summed E-state index contributed by atoms with van der Waals surface area (Å²) in [5.74, 6) is 0.225. The van der Waals surface area contributed by atoms with Gasteiger partial charge >= 0.3 is 0 Å². The quantitative estimate of drug-likeness (QED) is 0.426. The van der Waals surface area contributed by atoms with Gasteiger partial charge in [0.25, 0.3) is 0 Å². The Bertz CT molecular complexity index is 1340. The van der Waals surface area contributed by atoms with E-state index in [1.807, 2.05) is 36.4 Å². The van der Waals surface area contributed by atoms with Crippen molar-refractivity contribution in [2.45, 2.75) is 6.92 Å². The number of pyridine rings is 1. The molecule has 3 heterocycles. The van der Waals surface area contributed by atoms with Gasteiger partial charge in [0.05, 0.1) is 24.6 Å². The third-order valence-electron chi connectivity index (χ3n) is 5.65. The van der Waals surface area contributed by atoms with Crippen molar-refractivity contribution in [2.75, 3.05) is 41.8 Å². The highest BCUT2D eigenvalue weighted by Crippen LogP contribution is 2.27. The fraction of sp³-hybridized carbons (Fsp3) is 0.200. The van der Waals surface area contributed by atoms with E-state index in [9.17, 15) is 9.59 Å². The number of morpholine rings is 1. The molecule has 9 heteroatoms. The zero-order chi connectivity index (χ0) is 23.5. The largest absolute Gasteiger partial charge is 0.378 e. The highest BCUT2D eigenvalue weighted by molar-refractivity contribution is 5.96. The van der Waals surface area contributed by atoms with E-state index in [1.54, 1.807) is 16.6 Å². The van der Waals surface area contributed by atoms with E-state index in [0.717, 1.165) is 55.2 Å². The van der Waals surface area contributed by atoms with Crippen molar-refractivity contribution in [3.05, 3.63) is 66.2 Å². The van der Waals surface area contributed by atoms with Crippen molar-refractivity contribution in [1.29, 1.82) is 0 Å². The Morgan fingerprint density at radius 3 is 2.59 bits per heavy atom. The molecule has 5 rings (SSSR count). The second kappa shape index (κ2) is 9.32. The average molecular weight is 457 g/mol. The van der Waals surface area contributed by atoms with E-state index < -0.39 is 0 Å². The summed E-state index contributed by atoms with van der Waals surface area (Å²) in [5.41, 5.74) is 5.16. The first kappa shape index (κ1) is 21.6. The van der Waals surface area contributed by atoms with E-state index in [1.165, 1.54) is 6.92 Å². The Morgan fingerprint density at radius 2 is 1.85 bits per heavy atom. The highest BCUT2D eigenvalue weighted by Gasteiger charge is 2.13. The van der Waals surface area contributed by atoms with Crippen LogP contribution in [0.2, 0.25) is 0 Å². The molecule has 2 N–H and O–H groups in total. The van der Waals surface area contributed by atoms with Gasteiger partial charge in [0.2, 0.25) is 11.9 Å². The number of aldehydes is 1. The summed E-state index contributed by atoms with van der Waals surface area (Å²) >= 11 is 0. The molecule has 0 unspecified atom stereocenters. The fourth-order valence-electron chi connectivity index (χ4n) is 4.00. The van der Waals surface area contributed by atoms with Crippen LogP contribution in [-0.4, -0.2) is 53.1 Å². The van der Waals surface area contributed by atoms with Gasteiger partial charge in [-0.3, -0.25) is 9.59 Å². The van der Waals surface area contributed by atoms with Gasteiger partial charge in [0.15, 0.2) is 11.9 Å². The lowest BCUT2D eigenvalue weighted by Crippen LogP contribution is -2.36. The van der Waals surface area contributed by atoms with Crippen molar-refractivity contribution in [1.82, 2.24) is 14.6 Å². The predicted molar refractivity (Wildman–Crippen MR) is 131 cm³/mol. The Hall–Kier alpha value is -4.24. The van der Waals surface area contributed by atoms with Crippen molar-refractivity contribution in [3.63, 3.8) is 0 Å². The number of fused-ring (bicyclic) bond motifs is 1. The maximum atomic E-state index is 11.6. The molecule has 1 saturated heterocycles. The second-order valence-electron chi connectivity index (χ2n) is 7.99. The lowest BCUT2D eigenvalue weighted by molar-refractivity contribution is -0.114. The Morgan fingerprint density at radius 1 is 1.06 bits per heavy atom. The molecule has 1 fully saturated rings. The van der Waals surface area contributed by atoms with Crippen molar-refractivity contribution in [2.24, 2.45) is 0 Å². The van der Waals surface area contributed by atoms with Crippen molar-refractivity contribution >= 4 is 40.9 Å². The molecule has 0 radical (unpaired) electrons. The molecule has 1 aliphatic heterocycles. The number of nitrogens with zero attached hydrogens (tertiary/aromatic N) is 4. The predicted octanol–water partition coefficient (Wildman–Crippen LogP) is 3.75. The smallest absolute Gasteiger partial charge is 0.247 e. The topological polar surface area (TPSA) is 101 Å². The first-order valence-corrected chi connectivity index (χ1v) is 11.0. The van der Waals surface area contributed by atoms with Crippen LogP contribution in [0, 0.1) is 0 Å². The minimum Gasteiger partial charge on any atom is -0.378 e. The average Bonchev–Trinajstić information content (AvgIpc) is 3.27. The van der Waals surface area contributed by atoms with Gasteiger partial charge in [0.1, 0.15) is 0 Å². The molecule has 0 atom stereocenters. The molecule has 0 aliphatic carbocycles. The van der Waals surface area contributed by atoms with Crippen LogP contribution in [0.5, 0.6) is 0 Å². The molecule has 2 aromatic heterocycles. The van der Waals surface area contributed by atoms with Crippen molar-refractivity contribution in [3.8, 4) is 11.3 Å². The zero-order valence-electron chi connectivity index (χ0n) is 18.7. The molecule has 9 nitrogen and oxygen atoms in total. The molecule has 1 amide bonds. The molecular weight excluding hydrogens is 432 g/mol. The number of aromatic nitrogens is 3. The van der Waals surface area contributed by atoms with Crippen LogP contribution in [0.4, 0.5) is 23.0 Å². The van der Waals surface area contributed by atoms with Gasteiger partial charge in [-0.25, -0.2) is 4.52 Å². The summed E-state index contributed by atoms with van der Waals surface area (Å²) in [5, 5.41) is 10.6. The van der Waals surface area contributed by atoms with Gasteiger partial charge in [-0.05, 0) is 48.5 Å². The molecule has 0 bridgehead atoms. The number of rotatable bonds is 6. The Balaban J connectivity index is 1.42. The SMILES string of the molecule is CC(=O)Nc1cc(-c2cccc3nc(Nc4ccc(N5CCOCC5)cc4)nn23)ccc1C=O. The van der Waals surface area contributed by atoms with Crippen molar-refractivity contribution < 1.29 is 14.3 Å². The van der Waals surface area contributed by atoms with E-state index in [2.05, 4.69) is 37.7 Å². The number of anilines is 4. The van der Waals surface area contributed by atoms with E-state index >= 15 is 0 Å². The summed E-state index contributed by atoms with van der Waals surface area (Å²) < 4.78 is 7.16. The van der Waals surface area contributed by atoms with E-state index in [4.69, 9.17) is 4.74 Å². The standard InChI is InChI=1S/C25H24N6O3/c1-17(33)26-22-15-18(5-6-19(22)16-32)23-3-2-4-24-28-25(29-31(23)24)27-20-7-9-21(10-8-20)30-11-13-34-14-12-30/h2-10,15-16H,11-14H2,1H3,(H,26,33)(H,27,29). The number of hydrogen-bond donors (Lipinski definition) is 2. The maximum absolute atomic E-state index is 11.6. The molecular formula is C25H24N6O3. The molecule has 4 aromatic rings. The molecule has 34 heavy (non-hydrogen) atoms. The highest BCUT2D eigenvalue weighted by atomic mass is 16.5. The van der Waals surface area contributed by atoms with Crippen LogP contribution in [0.1, 0.15) is 17.3 Å². The number of carbonyl (C=O) groups is 2. The van der Waals surface area contributed by atoms with Gasteiger partial charge < -0.3 is 20.3 Å².